The fourth-order valence-corrected chi connectivity index (χ4v) is 2.80. The van der Waals surface area contributed by atoms with E-state index in [0.29, 0.717) is 17.1 Å². The molecule has 0 saturated carbocycles. The summed E-state index contributed by atoms with van der Waals surface area (Å²) in [4.78, 5) is 25.1. The van der Waals surface area contributed by atoms with Gasteiger partial charge in [-0.1, -0.05) is 12.1 Å². The molecule has 0 aliphatic heterocycles. The SMILES string of the molecule is CC(=O)c1ccc(S(=O)(=O)NNC(=O)c2cc(C)oc2C)cc1. The summed E-state index contributed by atoms with van der Waals surface area (Å²) in [5, 5.41) is 0. The molecule has 7 nitrogen and oxygen atoms in total. The number of hydrogen-bond acceptors (Lipinski definition) is 5. The van der Waals surface area contributed by atoms with Gasteiger partial charge in [-0.15, -0.1) is 4.83 Å². The fraction of sp³-hybridized carbons (Fsp3) is 0.200. The maximum Gasteiger partial charge on any atom is 0.269 e. The number of amides is 1. The average Bonchev–Trinajstić information content (AvgIpc) is 2.83. The summed E-state index contributed by atoms with van der Waals surface area (Å²) < 4.78 is 29.4. The molecule has 0 unspecified atom stereocenters. The monoisotopic (exact) mass is 336 g/mol. The first-order chi connectivity index (χ1) is 10.7. The second-order valence-corrected chi connectivity index (χ2v) is 6.65. The van der Waals surface area contributed by atoms with Gasteiger partial charge in [0.05, 0.1) is 10.5 Å². The van der Waals surface area contributed by atoms with E-state index in [1.165, 1.54) is 37.3 Å². The molecule has 1 aromatic carbocycles. The highest BCUT2D eigenvalue weighted by atomic mass is 32.2. The summed E-state index contributed by atoms with van der Waals surface area (Å²) in [5.41, 5.74) is 2.77. The van der Waals surface area contributed by atoms with Crippen LogP contribution < -0.4 is 10.3 Å². The lowest BCUT2D eigenvalue weighted by molar-refractivity contribution is 0.0942. The molecule has 1 amide bonds. The van der Waals surface area contributed by atoms with Gasteiger partial charge in [-0.3, -0.25) is 15.0 Å². The van der Waals surface area contributed by atoms with Crippen molar-refractivity contribution in [3.63, 3.8) is 0 Å². The van der Waals surface area contributed by atoms with E-state index >= 15 is 0 Å². The normalized spacial score (nSPS) is 11.3. The largest absolute Gasteiger partial charge is 0.466 e. The summed E-state index contributed by atoms with van der Waals surface area (Å²) in [5.74, 6) is 0.157. The molecule has 23 heavy (non-hydrogen) atoms. The van der Waals surface area contributed by atoms with Gasteiger partial charge in [-0.25, -0.2) is 8.42 Å². The zero-order valence-electron chi connectivity index (χ0n) is 12.8. The summed E-state index contributed by atoms with van der Waals surface area (Å²) >= 11 is 0. The van der Waals surface area contributed by atoms with Gasteiger partial charge in [0.15, 0.2) is 5.78 Å². The van der Waals surface area contributed by atoms with E-state index < -0.39 is 15.9 Å². The van der Waals surface area contributed by atoms with Crippen LogP contribution in [-0.2, 0) is 10.0 Å². The Morgan fingerprint density at radius 1 is 1.09 bits per heavy atom. The Labute approximate surface area is 133 Å². The fourth-order valence-electron chi connectivity index (χ4n) is 1.96. The number of furan rings is 1. The lowest BCUT2D eigenvalue weighted by Gasteiger charge is -2.08. The molecule has 2 rings (SSSR count). The van der Waals surface area contributed by atoms with Crippen LogP contribution in [0.3, 0.4) is 0 Å². The van der Waals surface area contributed by atoms with Gasteiger partial charge >= 0.3 is 0 Å². The lowest BCUT2D eigenvalue weighted by atomic mass is 10.2. The van der Waals surface area contributed by atoms with Crippen molar-refractivity contribution >= 4 is 21.7 Å². The molecule has 0 radical (unpaired) electrons. The first-order valence-electron chi connectivity index (χ1n) is 6.71. The minimum absolute atomic E-state index is 0.0668. The zero-order valence-corrected chi connectivity index (χ0v) is 13.7. The Balaban J connectivity index is 2.11. The Morgan fingerprint density at radius 2 is 1.70 bits per heavy atom. The van der Waals surface area contributed by atoms with Crippen LogP contribution in [0.5, 0.6) is 0 Å². The molecule has 0 fully saturated rings. The van der Waals surface area contributed by atoms with Crippen molar-refractivity contribution in [2.24, 2.45) is 0 Å². The smallest absolute Gasteiger partial charge is 0.269 e. The molecular weight excluding hydrogens is 320 g/mol. The van der Waals surface area contributed by atoms with Crippen molar-refractivity contribution in [3.8, 4) is 0 Å². The first-order valence-corrected chi connectivity index (χ1v) is 8.19. The van der Waals surface area contributed by atoms with Crippen LogP contribution in [0.25, 0.3) is 0 Å². The maximum absolute atomic E-state index is 12.1. The van der Waals surface area contributed by atoms with Crippen LogP contribution >= 0.6 is 0 Å². The second-order valence-electron chi connectivity index (χ2n) is 4.97. The number of rotatable bonds is 5. The van der Waals surface area contributed by atoms with Crippen molar-refractivity contribution < 1.29 is 22.4 Å². The predicted octanol–water partition coefficient (Wildman–Crippen LogP) is 1.72. The summed E-state index contributed by atoms with van der Waals surface area (Å²) in [7, 11) is -3.94. The van der Waals surface area contributed by atoms with Gasteiger partial charge < -0.3 is 4.42 Å². The number of carbonyl (C=O) groups excluding carboxylic acids is 2. The molecule has 2 aromatic rings. The van der Waals surface area contributed by atoms with E-state index in [4.69, 9.17) is 4.42 Å². The maximum atomic E-state index is 12.1. The zero-order chi connectivity index (χ0) is 17.2. The minimum atomic E-state index is -3.94. The number of ketones is 1. The highest BCUT2D eigenvalue weighted by Crippen LogP contribution is 2.14. The van der Waals surface area contributed by atoms with Crippen molar-refractivity contribution in [1.82, 2.24) is 10.3 Å². The number of nitrogens with one attached hydrogen (secondary N) is 2. The van der Waals surface area contributed by atoms with E-state index in [9.17, 15) is 18.0 Å². The summed E-state index contributed by atoms with van der Waals surface area (Å²) in [6.07, 6.45) is 0. The molecule has 1 heterocycles. The quantitative estimate of drug-likeness (QED) is 0.639. The van der Waals surface area contributed by atoms with Crippen molar-refractivity contribution in [2.45, 2.75) is 25.7 Å². The molecule has 1 aromatic heterocycles. The van der Waals surface area contributed by atoms with Gasteiger partial charge in [-0.05, 0) is 39.0 Å². The third-order valence-corrected chi connectivity index (χ3v) is 4.42. The van der Waals surface area contributed by atoms with Gasteiger partial charge in [-0.2, -0.15) is 0 Å². The number of hydrogen-bond donors (Lipinski definition) is 2. The van der Waals surface area contributed by atoms with Gasteiger partial charge in [0.25, 0.3) is 15.9 Å². The Bertz CT molecular complexity index is 850. The molecular formula is C15H16N2O5S. The van der Waals surface area contributed by atoms with Crippen molar-refractivity contribution in [3.05, 3.63) is 53.0 Å². The Kier molecular flexibility index (Phi) is 4.67. The summed E-state index contributed by atoms with van der Waals surface area (Å²) in [6.45, 7) is 4.68. The van der Waals surface area contributed by atoms with Gasteiger partial charge in [0.2, 0.25) is 0 Å². The highest BCUT2D eigenvalue weighted by Gasteiger charge is 2.18. The van der Waals surface area contributed by atoms with E-state index in [0.717, 1.165) is 0 Å². The molecule has 0 atom stereocenters. The molecule has 8 heteroatoms. The van der Waals surface area contributed by atoms with Gasteiger partial charge in [0.1, 0.15) is 11.5 Å². The van der Waals surface area contributed by atoms with E-state index in [2.05, 4.69) is 5.43 Å². The molecule has 2 N–H and O–H groups in total. The number of sulfonamides is 1. The van der Waals surface area contributed by atoms with Crippen LogP contribution in [0.4, 0.5) is 0 Å². The lowest BCUT2D eigenvalue weighted by Crippen LogP contribution is -2.41. The van der Waals surface area contributed by atoms with Crippen LogP contribution in [0.1, 0.15) is 39.2 Å². The number of hydrazine groups is 1. The predicted molar refractivity (Wildman–Crippen MR) is 82.4 cm³/mol. The third kappa shape index (κ3) is 3.85. The topological polar surface area (TPSA) is 105 Å². The van der Waals surface area contributed by atoms with E-state index in [1.807, 2.05) is 4.83 Å². The molecule has 0 aliphatic carbocycles. The average molecular weight is 336 g/mol. The Hall–Kier alpha value is -2.45. The van der Waals surface area contributed by atoms with Crippen molar-refractivity contribution in [1.29, 1.82) is 0 Å². The highest BCUT2D eigenvalue weighted by molar-refractivity contribution is 7.89. The van der Waals surface area contributed by atoms with Crippen LogP contribution in [0.2, 0.25) is 0 Å². The summed E-state index contributed by atoms with van der Waals surface area (Å²) in [6, 6.07) is 6.90. The van der Waals surface area contributed by atoms with Crippen molar-refractivity contribution in [2.75, 3.05) is 0 Å². The minimum Gasteiger partial charge on any atom is -0.466 e. The molecule has 0 bridgehead atoms. The first kappa shape index (κ1) is 16.9. The van der Waals surface area contributed by atoms with Crippen LogP contribution in [0.15, 0.2) is 39.6 Å². The molecule has 0 saturated heterocycles. The van der Waals surface area contributed by atoms with E-state index in [1.54, 1.807) is 13.8 Å². The number of benzene rings is 1. The third-order valence-electron chi connectivity index (χ3n) is 3.16. The molecule has 0 spiro atoms. The standard InChI is InChI=1S/C15H16N2O5S/c1-9-8-14(11(3)22-9)15(19)16-17-23(20,21)13-6-4-12(5-7-13)10(2)18/h4-8,17H,1-3H3,(H,16,19). The number of carbonyl (C=O) groups is 2. The van der Waals surface area contributed by atoms with Crippen LogP contribution in [-0.4, -0.2) is 20.1 Å². The molecule has 122 valence electrons. The second kappa shape index (κ2) is 6.35. The number of Topliss-reactive ketones (excluding diaryl/α,β-unsaturated/α-hetero) is 1. The molecule has 0 aliphatic rings. The van der Waals surface area contributed by atoms with E-state index in [-0.39, 0.29) is 16.2 Å². The van der Waals surface area contributed by atoms with Crippen LogP contribution in [0, 0.1) is 13.8 Å². The van der Waals surface area contributed by atoms with Gasteiger partial charge in [0, 0.05) is 5.56 Å². The number of aryl methyl sites for hydroxylation is 2. The Morgan fingerprint density at radius 3 is 2.17 bits per heavy atom.